The molecule has 0 saturated heterocycles. The summed E-state index contributed by atoms with van der Waals surface area (Å²) in [7, 11) is 0. The van der Waals surface area contributed by atoms with Gasteiger partial charge in [-0.05, 0) is 56.4 Å². The van der Waals surface area contributed by atoms with Crippen LogP contribution >= 0.6 is 0 Å². The van der Waals surface area contributed by atoms with Crippen LogP contribution in [-0.4, -0.2) is 27.8 Å². The largest absolute Gasteiger partial charge is 0.860 e. The summed E-state index contributed by atoms with van der Waals surface area (Å²) in [4.78, 5) is 37.9. The molecule has 8 nitrogen and oxygen atoms in total. The van der Waals surface area contributed by atoms with Gasteiger partial charge in [0, 0.05) is 18.7 Å². The van der Waals surface area contributed by atoms with Crippen molar-refractivity contribution >= 4 is 17.9 Å². The highest BCUT2D eigenvalue weighted by molar-refractivity contribution is 6.18. The number of allylic oxidation sites excluding steroid dienone is 2. The van der Waals surface area contributed by atoms with E-state index in [0.29, 0.717) is 0 Å². The lowest BCUT2D eigenvalue weighted by molar-refractivity contribution is -0.280. The second-order valence-electron chi connectivity index (χ2n) is 6.29. The van der Waals surface area contributed by atoms with Crippen LogP contribution < -0.4 is 10.7 Å². The van der Waals surface area contributed by atoms with Gasteiger partial charge in [0.05, 0.1) is 0 Å². The Balaban J connectivity index is 2.63. The molecular formula is C21H19N4O4-. The third kappa shape index (κ3) is 3.48. The quantitative estimate of drug-likeness (QED) is 0.561. The lowest BCUT2D eigenvalue weighted by atomic mass is 9.95. The molecule has 0 aromatic carbocycles. The molecule has 0 atom stereocenters. The van der Waals surface area contributed by atoms with Gasteiger partial charge in [0.2, 0.25) is 0 Å². The summed E-state index contributed by atoms with van der Waals surface area (Å²) in [5.41, 5.74) is -0.0251. The van der Waals surface area contributed by atoms with E-state index >= 15 is 0 Å². The average molecular weight is 391 g/mol. The minimum absolute atomic E-state index is 0.113. The first kappa shape index (κ1) is 21.4. The molecule has 1 aromatic heterocycles. The Kier molecular flexibility index (Phi) is 6.20. The molecule has 1 aromatic rings. The number of hydrogen-bond acceptors (Lipinski definition) is 6. The maximum atomic E-state index is 12.6. The van der Waals surface area contributed by atoms with Crippen LogP contribution in [-0.2, 0) is 16.1 Å². The van der Waals surface area contributed by atoms with E-state index in [1.54, 1.807) is 13.8 Å². The predicted molar refractivity (Wildman–Crippen MR) is 103 cm³/mol. The molecule has 0 saturated carbocycles. The number of aromatic nitrogens is 1. The van der Waals surface area contributed by atoms with Gasteiger partial charge in [-0.3, -0.25) is 19.3 Å². The summed E-state index contributed by atoms with van der Waals surface area (Å²) < 4.78 is 0.973. The predicted octanol–water partition coefficient (Wildman–Crippen LogP) is 1.29. The van der Waals surface area contributed by atoms with Crippen LogP contribution in [0, 0.1) is 29.6 Å². The number of hydrogen-bond donors (Lipinski definition) is 0. The highest BCUT2D eigenvalue weighted by Gasteiger charge is 2.33. The van der Waals surface area contributed by atoms with Crippen molar-refractivity contribution in [2.75, 3.05) is 6.54 Å². The van der Waals surface area contributed by atoms with Crippen LogP contribution in [0.4, 0.5) is 0 Å². The zero-order valence-corrected chi connectivity index (χ0v) is 16.6. The molecular weight excluding hydrogens is 372 g/mol. The molecule has 29 heavy (non-hydrogen) atoms. The van der Waals surface area contributed by atoms with E-state index in [4.69, 9.17) is 0 Å². The Bertz CT molecular complexity index is 1140. The number of carbonyl (C=O) groups excluding carboxylic acids is 2. The lowest BCUT2D eigenvalue weighted by Crippen LogP contribution is -2.42. The van der Waals surface area contributed by atoms with Gasteiger partial charge >= 0.3 is 0 Å². The number of nitriles is 2. The summed E-state index contributed by atoms with van der Waals surface area (Å²) in [6, 6.07) is 3.66. The van der Waals surface area contributed by atoms with Crippen LogP contribution in [0.5, 0.6) is 5.88 Å². The van der Waals surface area contributed by atoms with Crippen molar-refractivity contribution in [3.8, 4) is 18.0 Å². The molecule has 1 aliphatic heterocycles. The zero-order valence-electron chi connectivity index (χ0n) is 16.6. The molecule has 1 aliphatic rings. The zero-order chi connectivity index (χ0) is 21.9. The van der Waals surface area contributed by atoms with E-state index in [-0.39, 0.29) is 46.5 Å². The normalized spacial score (nSPS) is 15.9. The van der Waals surface area contributed by atoms with Gasteiger partial charge in [-0.2, -0.15) is 10.5 Å². The molecule has 2 heterocycles. The van der Waals surface area contributed by atoms with Crippen molar-refractivity contribution in [1.82, 2.24) is 9.47 Å². The van der Waals surface area contributed by atoms with Crippen molar-refractivity contribution in [3.63, 3.8) is 0 Å². The van der Waals surface area contributed by atoms with Crippen LogP contribution in [0.15, 0.2) is 33.7 Å². The van der Waals surface area contributed by atoms with E-state index in [1.807, 2.05) is 12.1 Å². The molecule has 0 bridgehead atoms. The molecule has 0 radical (unpaired) electrons. The highest BCUT2D eigenvalue weighted by Crippen LogP contribution is 2.26. The van der Waals surface area contributed by atoms with Gasteiger partial charge in [-0.25, -0.2) is 0 Å². The van der Waals surface area contributed by atoms with Crippen molar-refractivity contribution in [1.29, 1.82) is 10.5 Å². The van der Waals surface area contributed by atoms with Crippen LogP contribution in [0.2, 0.25) is 0 Å². The van der Waals surface area contributed by atoms with Gasteiger partial charge in [-0.1, -0.05) is 12.2 Å². The minimum atomic E-state index is -0.634. The summed E-state index contributed by atoms with van der Waals surface area (Å²) in [5.74, 6) is -1.70. The van der Waals surface area contributed by atoms with Crippen LogP contribution in [0.25, 0.3) is 6.08 Å². The minimum Gasteiger partial charge on any atom is -0.860 e. The summed E-state index contributed by atoms with van der Waals surface area (Å²) in [6.45, 7) is 6.52. The lowest BCUT2D eigenvalue weighted by Gasteiger charge is -2.26. The highest BCUT2D eigenvalue weighted by atomic mass is 16.3. The van der Waals surface area contributed by atoms with Gasteiger partial charge in [0.1, 0.15) is 23.3 Å². The SMILES string of the molecule is CCN1C(=O)C(C#N)=C(C)/C(=C/C=C/c2c(C)c(C#N)c(=O)n(CC)c2[O-])C1=O. The second-order valence-corrected chi connectivity index (χ2v) is 6.29. The van der Waals surface area contributed by atoms with E-state index in [9.17, 15) is 30.0 Å². The van der Waals surface area contributed by atoms with Gasteiger partial charge in [0.25, 0.3) is 17.4 Å². The topological polar surface area (TPSA) is 130 Å². The Morgan fingerprint density at radius 1 is 1.03 bits per heavy atom. The molecule has 8 heteroatoms. The van der Waals surface area contributed by atoms with Crippen molar-refractivity contribution in [2.24, 2.45) is 0 Å². The Hall–Kier alpha value is -3.91. The number of likely N-dealkylation sites (N-methyl/N-ethyl adjacent to an activating group) is 1. The first-order valence-corrected chi connectivity index (χ1v) is 8.95. The molecule has 0 unspecified atom stereocenters. The number of nitrogens with zero attached hydrogens (tertiary/aromatic N) is 4. The maximum absolute atomic E-state index is 12.6. The van der Waals surface area contributed by atoms with Crippen LogP contribution in [0.3, 0.4) is 0 Å². The van der Waals surface area contributed by atoms with Gasteiger partial charge < -0.3 is 9.67 Å². The van der Waals surface area contributed by atoms with E-state index < -0.39 is 23.3 Å². The molecule has 148 valence electrons. The standard InChI is InChI=1S/C21H20N4O4/c1-5-24-18(26)14(12(3)16(10-22)20(24)28)8-7-9-15-13(4)17(11-23)21(29)25(6-2)19(15)27/h7-9,26H,5-6H2,1-4H3/p-1/b8-7+,15-9-. The fraction of sp³-hybridized carbons (Fsp3) is 0.286. The van der Waals surface area contributed by atoms with E-state index in [0.717, 1.165) is 9.47 Å². The third-order valence-electron chi connectivity index (χ3n) is 4.81. The first-order valence-electron chi connectivity index (χ1n) is 8.95. The van der Waals surface area contributed by atoms with Crippen molar-refractivity contribution < 1.29 is 14.7 Å². The van der Waals surface area contributed by atoms with Gasteiger partial charge in [-0.15, -0.1) is 0 Å². The Morgan fingerprint density at radius 3 is 2.21 bits per heavy atom. The number of carbonyl (C=O) groups is 2. The number of amides is 2. The average Bonchev–Trinajstić information content (AvgIpc) is 2.68. The third-order valence-corrected chi connectivity index (χ3v) is 4.81. The van der Waals surface area contributed by atoms with Crippen molar-refractivity contribution in [2.45, 2.75) is 34.2 Å². The number of rotatable bonds is 4. The Morgan fingerprint density at radius 2 is 1.69 bits per heavy atom. The molecule has 2 rings (SSSR count). The second kappa shape index (κ2) is 8.41. The molecule has 0 N–H and O–H groups in total. The van der Waals surface area contributed by atoms with E-state index in [1.165, 1.54) is 32.1 Å². The number of imide groups is 1. The van der Waals surface area contributed by atoms with Crippen LogP contribution in [0.1, 0.15) is 37.5 Å². The Labute approximate surface area is 167 Å². The molecule has 0 fully saturated rings. The summed E-state index contributed by atoms with van der Waals surface area (Å²) in [6.07, 6.45) is 4.26. The maximum Gasteiger partial charge on any atom is 0.271 e. The van der Waals surface area contributed by atoms with E-state index in [2.05, 4.69) is 0 Å². The molecule has 0 aliphatic carbocycles. The summed E-state index contributed by atoms with van der Waals surface area (Å²) >= 11 is 0. The molecule has 2 amide bonds. The smallest absolute Gasteiger partial charge is 0.271 e. The van der Waals surface area contributed by atoms with Gasteiger partial charge in [0.15, 0.2) is 0 Å². The van der Waals surface area contributed by atoms with Crippen molar-refractivity contribution in [3.05, 3.63) is 55.9 Å². The summed E-state index contributed by atoms with van der Waals surface area (Å²) in [5, 5.41) is 31.1. The fourth-order valence-corrected chi connectivity index (χ4v) is 3.13. The monoisotopic (exact) mass is 391 g/mol. The first-order chi connectivity index (χ1) is 13.7. The fourth-order valence-electron chi connectivity index (χ4n) is 3.13. The number of pyridine rings is 1. The molecule has 0 spiro atoms.